The molecular weight excluding hydrogens is 572 g/mol. The van der Waals surface area contributed by atoms with E-state index in [0.29, 0.717) is 38.5 Å². The average Bonchev–Trinajstić information content (AvgIpc) is 3.01. The monoisotopic (exact) mass is 618 g/mol. The van der Waals surface area contributed by atoms with Gasteiger partial charge in [-0.1, -0.05) is 18.7 Å². The molecule has 0 radical (unpaired) electrons. The van der Waals surface area contributed by atoms with Gasteiger partial charge < -0.3 is 38.1 Å². The minimum atomic E-state index is -0.832. The fourth-order valence-corrected chi connectivity index (χ4v) is 3.55. The molecule has 12 nitrogen and oxygen atoms in total. The average molecular weight is 619 g/mol. The van der Waals surface area contributed by atoms with Crippen LogP contribution in [0.2, 0.25) is 0 Å². The lowest BCUT2D eigenvalue weighted by Crippen LogP contribution is -2.36. The zero-order valence-corrected chi connectivity index (χ0v) is 26.6. The van der Waals surface area contributed by atoms with E-state index in [0.717, 1.165) is 11.8 Å². The highest BCUT2D eigenvalue weighted by Crippen LogP contribution is 2.18. The number of ether oxygens (including phenoxy) is 7. The number of esters is 3. The van der Waals surface area contributed by atoms with E-state index in [1.807, 2.05) is 50.8 Å². The Morgan fingerprint density at radius 2 is 1.43 bits per heavy atom. The number of anilines is 1. The third-order valence-electron chi connectivity index (χ3n) is 6.03. The molecule has 0 aliphatic carbocycles. The zero-order chi connectivity index (χ0) is 32.9. The summed E-state index contributed by atoms with van der Waals surface area (Å²) in [5.74, 6) is -1.84. The normalized spacial score (nSPS) is 14.0. The standard InChI is InChI=1S/C32H46N2O10/c1-8-31(36)40-15-16-41-32(37)29(18-33)17-28-9-11-30(12-10-28)34(13-14-39-27(6)35)19-23(2)42-21-25(4)44-22-26(5)43-20-24(3)38-7/h8-12,17,23-26H,1,13-16,19-22H2,2-7H3/b29-17+. The van der Waals surface area contributed by atoms with Crippen molar-refractivity contribution in [3.63, 3.8) is 0 Å². The predicted molar refractivity (Wildman–Crippen MR) is 164 cm³/mol. The highest BCUT2D eigenvalue weighted by atomic mass is 16.6. The lowest BCUT2D eigenvalue weighted by molar-refractivity contribution is -0.146. The summed E-state index contributed by atoms with van der Waals surface area (Å²) in [6, 6.07) is 9.00. The number of benzene rings is 1. The maximum atomic E-state index is 12.3. The molecule has 4 atom stereocenters. The van der Waals surface area contributed by atoms with Crippen LogP contribution >= 0.6 is 0 Å². The van der Waals surface area contributed by atoms with Crippen LogP contribution < -0.4 is 4.90 Å². The zero-order valence-electron chi connectivity index (χ0n) is 26.6. The SMILES string of the molecule is C=CC(=O)OCCOC(=O)/C(C#N)=C/c1ccc(N(CCOC(C)=O)CC(C)OCC(C)OCC(C)OCC(C)OC)cc1. The van der Waals surface area contributed by atoms with Crippen molar-refractivity contribution in [3.05, 3.63) is 48.1 Å². The molecule has 0 saturated heterocycles. The smallest absolute Gasteiger partial charge is 0.349 e. The largest absolute Gasteiger partial charge is 0.464 e. The fourth-order valence-electron chi connectivity index (χ4n) is 3.55. The number of carbonyl (C=O) groups is 3. The number of rotatable bonds is 22. The summed E-state index contributed by atoms with van der Waals surface area (Å²) >= 11 is 0. The first-order chi connectivity index (χ1) is 21.0. The van der Waals surface area contributed by atoms with E-state index in [4.69, 9.17) is 33.2 Å². The first-order valence-electron chi connectivity index (χ1n) is 14.4. The summed E-state index contributed by atoms with van der Waals surface area (Å²) < 4.78 is 37.7. The molecule has 0 spiro atoms. The second-order valence-corrected chi connectivity index (χ2v) is 10.0. The minimum Gasteiger partial charge on any atom is -0.464 e. The first-order valence-corrected chi connectivity index (χ1v) is 14.4. The molecule has 12 heteroatoms. The van der Waals surface area contributed by atoms with E-state index >= 15 is 0 Å². The number of methoxy groups -OCH3 is 1. The van der Waals surface area contributed by atoms with E-state index in [9.17, 15) is 19.6 Å². The molecule has 0 N–H and O–H groups in total. The molecule has 0 aliphatic heterocycles. The Morgan fingerprint density at radius 1 is 0.864 bits per heavy atom. The molecule has 1 aromatic rings. The first kappa shape index (κ1) is 38.3. The molecule has 244 valence electrons. The molecule has 0 heterocycles. The fraction of sp³-hybridized carbons (Fsp3) is 0.562. The van der Waals surface area contributed by atoms with Crippen LogP contribution in [0.1, 0.15) is 40.2 Å². The Labute approximate surface area is 260 Å². The van der Waals surface area contributed by atoms with Crippen molar-refractivity contribution in [3.8, 4) is 6.07 Å². The molecule has 0 saturated carbocycles. The van der Waals surface area contributed by atoms with Crippen molar-refractivity contribution < 1.29 is 47.5 Å². The van der Waals surface area contributed by atoms with E-state index in [1.165, 1.54) is 13.0 Å². The molecule has 44 heavy (non-hydrogen) atoms. The topological polar surface area (TPSA) is 143 Å². The van der Waals surface area contributed by atoms with Crippen LogP contribution in [0.15, 0.2) is 42.5 Å². The van der Waals surface area contributed by atoms with Crippen molar-refractivity contribution in [2.45, 2.75) is 59.0 Å². The van der Waals surface area contributed by atoms with Gasteiger partial charge in [0, 0.05) is 32.3 Å². The van der Waals surface area contributed by atoms with Gasteiger partial charge in [0.05, 0.1) is 50.8 Å². The van der Waals surface area contributed by atoms with Crippen LogP contribution in [0.3, 0.4) is 0 Å². The Bertz CT molecular complexity index is 1100. The number of carbonyl (C=O) groups excluding carboxylic acids is 3. The molecule has 0 aliphatic rings. The van der Waals surface area contributed by atoms with Crippen LogP contribution in [0.25, 0.3) is 6.08 Å². The lowest BCUT2D eigenvalue weighted by atomic mass is 10.1. The van der Waals surface area contributed by atoms with E-state index < -0.39 is 11.9 Å². The highest BCUT2D eigenvalue weighted by Gasteiger charge is 2.16. The Hall–Kier alpha value is -3.76. The van der Waals surface area contributed by atoms with Crippen molar-refractivity contribution in [1.82, 2.24) is 0 Å². The minimum absolute atomic E-state index is 0.0163. The summed E-state index contributed by atoms with van der Waals surface area (Å²) in [4.78, 5) is 36.7. The second-order valence-electron chi connectivity index (χ2n) is 10.0. The number of nitriles is 1. The molecule has 0 bridgehead atoms. The van der Waals surface area contributed by atoms with Gasteiger partial charge in [0.2, 0.25) is 0 Å². The maximum absolute atomic E-state index is 12.3. The third kappa shape index (κ3) is 16.8. The van der Waals surface area contributed by atoms with Crippen molar-refractivity contribution in [2.24, 2.45) is 0 Å². The third-order valence-corrected chi connectivity index (χ3v) is 6.03. The molecular formula is C32H46N2O10. The molecule has 1 rings (SSSR count). The Morgan fingerprint density at radius 3 is 1.98 bits per heavy atom. The van der Waals surface area contributed by atoms with E-state index in [-0.39, 0.29) is 55.8 Å². The Kier molecular flexibility index (Phi) is 19.0. The molecule has 0 fully saturated rings. The van der Waals surface area contributed by atoms with Gasteiger partial charge >= 0.3 is 17.9 Å². The van der Waals surface area contributed by atoms with Crippen LogP contribution in [-0.2, 0) is 47.5 Å². The number of hydrogen-bond donors (Lipinski definition) is 0. The summed E-state index contributed by atoms with van der Waals surface area (Å²) in [5.41, 5.74) is 1.23. The van der Waals surface area contributed by atoms with Crippen LogP contribution in [-0.4, -0.2) is 102 Å². The highest BCUT2D eigenvalue weighted by molar-refractivity contribution is 5.97. The van der Waals surface area contributed by atoms with E-state index in [1.54, 1.807) is 19.2 Å². The quantitative estimate of drug-likeness (QED) is 0.0617. The maximum Gasteiger partial charge on any atom is 0.349 e. The summed E-state index contributed by atoms with van der Waals surface area (Å²) in [6.07, 6.45) is 2.02. The molecule has 4 unspecified atom stereocenters. The van der Waals surface area contributed by atoms with Gasteiger partial charge in [-0.2, -0.15) is 5.26 Å². The van der Waals surface area contributed by atoms with Gasteiger partial charge in [0.1, 0.15) is 31.5 Å². The number of nitrogens with zero attached hydrogens (tertiary/aromatic N) is 2. The molecule has 1 aromatic carbocycles. The van der Waals surface area contributed by atoms with Gasteiger partial charge in [-0.25, -0.2) is 9.59 Å². The van der Waals surface area contributed by atoms with E-state index in [2.05, 4.69) is 6.58 Å². The molecule has 0 aromatic heterocycles. The van der Waals surface area contributed by atoms with Gasteiger partial charge in [-0.3, -0.25) is 4.79 Å². The van der Waals surface area contributed by atoms with Crippen LogP contribution in [0.4, 0.5) is 5.69 Å². The van der Waals surface area contributed by atoms with Gasteiger partial charge in [-0.15, -0.1) is 0 Å². The van der Waals surface area contributed by atoms with Crippen molar-refractivity contribution >= 4 is 29.7 Å². The molecule has 0 amide bonds. The van der Waals surface area contributed by atoms with Crippen LogP contribution in [0.5, 0.6) is 0 Å². The Balaban J connectivity index is 2.75. The second kappa shape index (κ2) is 21.9. The van der Waals surface area contributed by atoms with Crippen molar-refractivity contribution in [2.75, 3.05) is 64.7 Å². The summed E-state index contributed by atoms with van der Waals surface area (Å²) in [6.45, 7) is 14.5. The van der Waals surface area contributed by atoms with Gasteiger partial charge in [0.15, 0.2) is 0 Å². The van der Waals surface area contributed by atoms with Crippen molar-refractivity contribution in [1.29, 1.82) is 5.26 Å². The van der Waals surface area contributed by atoms with Gasteiger partial charge in [0.25, 0.3) is 0 Å². The lowest BCUT2D eigenvalue weighted by Gasteiger charge is -2.28. The van der Waals surface area contributed by atoms with Gasteiger partial charge in [-0.05, 0) is 51.5 Å². The number of hydrogen-bond acceptors (Lipinski definition) is 12. The summed E-state index contributed by atoms with van der Waals surface area (Å²) in [7, 11) is 1.64. The predicted octanol–water partition coefficient (Wildman–Crippen LogP) is 3.49. The van der Waals surface area contributed by atoms with Crippen LogP contribution in [0, 0.1) is 11.3 Å². The summed E-state index contributed by atoms with van der Waals surface area (Å²) in [5, 5.41) is 9.43.